The molecule has 35 heavy (non-hydrogen) atoms. The number of Topliss-reactive ketones (excluding diaryl/α,β-unsaturated/α-hetero) is 2. The third-order valence-electron chi connectivity index (χ3n) is 5.74. The average molecular weight is 538 g/mol. The van der Waals surface area contributed by atoms with Crippen molar-refractivity contribution in [3.05, 3.63) is 51.6 Å². The standard InChI is InChI=1S/C23H21Cl2N3O6S/c1-3-4-5-34-18(29)11-28(35(32,33)15-7-12(24)6-13(25)8-15)14-9-16-19-17(10-14)27(2)21(20(19)26)23(31)22(16)30/h6-10H,3-5,11,26H2,1-2H3. The van der Waals surface area contributed by atoms with Gasteiger partial charge in [0.25, 0.3) is 15.8 Å². The van der Waals surface area contributed by atoms with Crippen molar-refractivity contribution in [1.82, 2.24) is 4.57 Å². The molecule has 2 N–H and O–H groups in total. The number of hydrogen-bond donors (Lipinski definition) is 1. The van der Waals surface area contributed by atoms with E-state index in [4.69, 9.17) is 33.7 Å². The van der Waals surface area contributed by atoms with Crippen LogP contribution in [0.15, 0.2) is 35.2 Å². The molecule has 9 nitrogen and oxygen atoms in total. The van der Waals surface area contributed by atoms with E-state index in [-0.39, 0.29) is 44.2 Å². The number of carbonyl (C=O) groups excluding carboxylic acids is 3. The number of unbranched alkanes of at least 4 members (excludes halogenated alkanes) is 1. The molecule has 0 unspecified atom stereocenters. The molecule has 3 aromatic rings. The van der Waals surface area contributed by atoms with Crippen LogP contribution in [0.2, 0.25) is 10.0 Å². The molecule has 2 aromatic carbocycles. The maximum Gasteiger partial charge on any atom is 0.326 e. The van der Waals surface area contributed by atoms with Gasteiger partial charge in [-0.05, 0) is 36.8 Å². The third kappa shape index (κ3) is 4.26. The number of aryl methyl sites for hydroxylation is 1. The molecular formula is C23H21Cl2N3O6S. The number of halogens is 2. The van der Waals surface area contributed by atoms with E-state index in [0.29, 0.717) is 17.3 Å². The Kier molecular flexibility index (Phi) is 6.56. The normalized spacial score (nSPS) is 13.0. The zero-order valence-corrected chi connectivity index (χ0v) is 21.1. The van der Waals surface area contributed by atoms with Crippen LogP contribution in [0.3, 0.4) is 0 Å². The third-order valence-corrected chi connectivity index (χ3v) is 7.92. The maximum absolute atomic E-state index is 13.7. The highest BCUT2D eigenvalue weighted by molar-refractivity contribution is 7.92. The van der Waals surface area contributed by atoms with Gasteiger partial charge in [0.1, 0.15) is 12.2 Å². The Hall–Kier alpha value is -3.08. The number of ketones is 2. The van der Waals surface area contributed by atoms with Crippen molar-refractivity contribution in [3.63, 3.8) is 0 Å². The lowest BCUT2D eigenvalue weighted by Gasteiger charge is -2.25. The van der Waals surface area contributed by atoms with Gasteiger partial charge in [-0.2, -0.15) is 0 Å². The first-order valence-electron chi connectivity index (χ1n) is 10.6. The van der Waals surface area contributed by atoms with Crippen LogP contribution >= 0.6 is 23.2 Å². The van der Waals surface area contributed by atoms with E-state index in [1.165, 1.54) is 34.9 Å². The number of rotatable bonds is 8. The maximum atomic E-state index is 13.7. The van der Waals surface area contributed by atoms with Crippen molar-refractivity contribution < 1.29 is 27.5 Å². The minimum Gasteiger partial charge on any atom is -0.464 e. The molecule has 1 aromatic heterocycles. The molecule has 0 radical (unpaired) electrons. The van der Waals surface area contributed by atoms with Gasteiger partial charge in [0.2, 0.25) is 5.78 Å². The fourth-order valence-electron chi connectivity index (χ4n) is 4.02. The first-order valence-corrected chi connectivity index (χ1v) is 12.8. The average Bonchev–Trinajstić information content (AvgIpc) is 3.02. The molecule has 1 heterocycles. The van der Waals surface area contributed by atoms with Gasteiger partial charge in [0.05, 0.1) is 28.4 Å². The molecule has 0 saturated carbocycles. The summed E-state index contributed by atoms with van der Waals surface area (Å²) < 4.78 is 34.8. The molecule has 12 heteroatoms. The summed E-state index contributed by atoms with van der Waals surface area (Å²) in [5.41, 5.74) is 6.58. The second-order valence-corrected chi connectivity index (χ2v) is 10.8. The van der Waals surface area contributed by atoms with Crippen molar-refractivity contribution in [2.75, 3.05) is 23.2 Å². The molecule has 0 spiro atoms. The van der Waals surface area contributed by atoms with E-state index in [2.05, 4.69) is 0 Å². The second kappa shape index (κ2) is 9.18. The number of nitrogen functional groups attached to an aromatic ring is 1. The molecule has 2 bridgehead atoms. The Bertz CT molecular complexity index is 1490. The summed E-state index contributed by atoms with van der Waals surface area (Å²) in [4.78, 5) is 37.7. The van der Waals surface area contributed by atoms with Crippen LogP contribution in [-0.2, 0) is 26.6 Å². The van der Waals surface area contributed by atoms with Gasteiger partial charge < -0.3 is 15.0 Å². The smallest absolute Gasteiger partial charge is 0.326 e. The molecule has 1 aliphatic rings. The van der Waals surface area contributed by atoms with Crippen LogP contribution in [0.4, 0.5) is 11.4 Å². The van der Waals surface area contributed by atoms with E-state index in [0.717, 1.165) is 10.7 Å². The zero-order valence-electron chi connectivity index (χ0n) is 18.8. The number of fused-ring (bicyclic) bond motifs is 1. The van der Waals surface area contributed by atoms with E-state index in [1.807, 2.05) is 6.92 Å². The number of hydrogen-bond acceptors (Lipinski definition) is 7. The van der Waals surface area contributed by atoms with Gasteiger partial charge in [-0.1, -0.05) is 36.5 Å². The Morgan fingerprint density at radius 3 is 2.37 bits per heavy atom. The van der Waals surface area contributed by atoms with E-state index >= 15 is 0 Å². The monoisotopic (exact) mass is 537 g/mol. The zero-order chi connectivity index (χ0) is 25.7. The minimum absolute atomic E-state index is 0.0220. The summed E-state index contributed by atoms with van der Waals surface area (Å²) in [6, 6.07) is 6.46. The number of carbonyl (C=O) groups is 3. The number of nitrogens with zero attached hydrogens (tertiary/aromatic N) is 2. The van der Waals surface area contributed by atoms with Crippen LogP contribution in [0.5, 0.6) is 0 Å². The summed E-state index contributed by atoms with van der Waals surface area (Å²) in [6.45, 7) is 1.36. The lowest BCUT2D eigenvalue weighted by molar-refractivity contribution is -0.141. The Morgan fingerprint density at radius 2 is 1.74 bits per heavy atom. The number of sulfonamides is 1. The number of esters is 1. The van der Waals surface area contributed by atoms with Crippen LogP contribution in [0.25, 0.3) is 10.9 Å². The second-order valence-electron chi connectivity index (χ2n) is 8.06. The van der Waals surface area contributed by atoms with Gasteiger partial charge in [0.15, 0.2) is 0 Å². The molecular weight excluding hydrogens is 517 g/mol. The summed E-state index contributed by atoms with van der Waals surface area (Å²) >= 11 is 12.1. The van der Waals surface area contributed by atoms with Crippen LogP contribution < -0.4 is 10.0 Å². The summed E-state index contributed by atoms with van der Waals surface area (Å²) in [5, 5.41) is 0.511. The lowest BCUT2D eigenvalue weighted by Crippen LogP contribution is -2.37. The molecule has 0 fully saturated rings. The molecule has 0 amide bonds. The van der Waals surface area contributed by atoms with Crippen molar-refractivity contribution >= 4 is 73.0 Å². The molecule has 4 rings (SSSR count). The number of ether oxygens (including phenoxy) is 1. The topological polar surface area (TPSA) is 129 Å². The quantitative estimate of drug-likeness (QED) is 0.261. The summed E-state index contributed by atoms with van der Waals surface area (Å²) in [7, 11) is -2.86. The highest BCUT2D eigenvalue weighted by Gasteiger charge is 2.37. The van der Waals surface area contributed by atoms with E-state index in [9.17, 15) is 22.8 Å². The van der Waals surface area contributed by atoms with E-state index < -0.39 is 34.1 Å². The molecule has 184 valence electrons. The number of aromatic nitrogens is 1. The number of nitrogens with two attached hydrogens (primary N) is 1. The molecule has 0 atom stereocenters. The van der Waals surface area contributed by atoms with Crippen LogP contribution in [0, 0.1) is 0 Å². The largest absolute Gasteiger partial charge is 0.464 e. The fraction of sp³-hybridized carbons (Fsp3) is 0.261. The predicted octanol–water partition coefficient (Wildman–Crippen LogP) is 3.98. The highest BCUT2D eigenvalue weighted by Crippen LogP contribution is 2.40. The fourth-order valence-corrected chi connectivity index (χ4v) is 6.14. The number of benzene rings is 2. The summed E-state index contributed by atoms with van der Waals surface area (Å²) in [6.07, 6.45) is 1.39. The number of anilines is 2. The lowest BCUT2D eigenvalue weighted by atomic mass is 9.95. The van der Waals surface area contributed by atoms with Crippen LogP contribution in [0.1, 0.15) is 40.6 Å². The van der Waals surface area contributed by atoms with Gasteiger partial charge in [-0.3, -0.25) is 18.7 Å². The van der Waals surface area contributed by atoms with Gasteiger partial charge >= 0.3 is 5.97 Å². The first kappa shape index (κ1) is 25.0. The minimum atomic E-state index is -4.41. The van der Waals surface area contributed by atoms with Gasteiger partial charge in [0, 0.05) is 28.0 Å². The van der Waals surface area contributed by atoms with Crippen LogP contribution in [-0.4, -0.2) is 43.7 Å². The van der Waals surface area contributed by atoms with Crippen molar-refractivity contribution in [2.24, 2.45) is 7.05 Å². The van der Waals surface area contributed by atoms with Crippen molar-refractivity contribution in [1.29, 1.82) is 0 Å². The predicted molar refractivity (Wildman–Crippen MR) is 133 cm³/mol. The Labute approximate surface area is 211 Å². The SMILES string of the molecule is CCCCOC(=O)CN(c1cc2c3c(N)c(n(C)c3c1)C(=O)C2=O)S(=O)(=O)c1cc(Cl)cc(Cl)c1. The van der Waals surface area contributed by atoms with Crippen molar-refractivity contribution in [2.45, 2.75) is 24.7 Å². The van der Waals surface area contributed by atoms with Crippen molar-refractivity contribution in [3.8, 4) is 0 Å². The molecule has 0 saturated heterocycles. The first-order chi connectivity index (χ1) is 16.5. The van der Waals surface area contributed by atoms with Gasteiger partial charge in [-0.25, -0.2) is 8.42 Å². The Morgan fingerprint density at radius 1 is 1.09 bits per heavy atom. The van der Waals surface area contributed by atoms with E-state index in [1.54, 1.807) is 7.05 Å². The molecule has 0 aliphatic heterocycles. The highest BCUT2D eigenvalue weighted by atomic mass is 35.5. The molecule has 1 aliphatic carbocycles. The Balaban J connectivity index is 1.90. The summed E-state index contributed by atoms with van der Waals surface area (Å²) in [5.74, 6) is -2.40. The van der Waals surface area contributed by atoms with Gasteiger partial charge in [-0.15, -0.1) is 0 Å².